The molecule has 4 heteroatoms. The van der Waals surface area contributed by atoms with E-state index >= 15 is 0 Å². The van der Waals surface area contributed by atoms with Gasteiger partial charge in [0.2, 0.25) is 0 Å². The molecular formula is C15H18Br3F. The van der Waals surface area contributed by atoms with Crippen LogP contribution in [0.4, 0.5) is 4.39 Å². The van der Waals surface area contributed by atoms with Crippen molar-refractivity contribution in [3.63, 3.8) is 0 Å². The molecule has 0 saturated heterocycles. The molecule has 0 heterocycles. The molecule has 0 N–H and O–H groups in total. The SMILES string of the molecule is Fc1ccc(CC(CBr)(CBr)C2CCCC2)cc1Br. The Bertz CT molecular complexity index is 423. The molecule has 0 atom stereocenters. The molecule has 1 aromatic rings. The van der Waals surface area contributed by atoms with Gasteiger partial charge >= 0.3 is 0 Å². The summed E-state index contributed by atoms with van der Waals surface area (Å²) in [5.74, 6) is 0.572. The van der Waals surface area contributed by atoms with E-state index in [4.69, 9.17) is 0 Å². The van der Waals surface area contributed by atoms with Gasteiger partial charge in [-0.05, 0) is 64.2 Å². The van der Waals surface area contributed by atoms with E-state index in [0.717, 1.165) is 23.0 Å². The number of hydrogen-bond donors (Lipinski definition) is 0. The Labute approximate surface area is 139 Å². The van der Waals surface area contributed by atoms with Gasteiger partial charge in [-0.25, -0.2) is 4.39 Å². The molecule has 1 aliphatic rings. The molecular weight excluding hydrogens is 439 g/mol. The van der Waals surface area contributed by atoms with Crippen LogP contribution in [0.2, 0.25) is 0 Å². The first-order chi connectivity index (χ1) is 9.11. The number of alkyl halides is 2. The summed E-state index contributed by atoms with van der Waals surface area (Å²) in [6.07, 6.45) is 6.32. The Morgan fingerprint density at radius 3 is 2.32 bits per heavy atom. The first kappa shape index (κ1) is 16.0. The zero-order valence-corrected chi connectivity index (χ0v) is 15.5. The molecule has 0 unspecified atom stereocenters. The molecule has 0 bridgehead atoms. The standard InChI is InChI=1S/C15H18Br3F/c16-9-15(10-17,12-3-1-2-4-12)8-11-5-6-14(19)13(18)7-11/h5-7,12H,1-4,8-10H2. The molecule has 19 heavy (non-hydrogen) atoms. The van der Waals surface area contributed by atoms with E-state index in [2.05, 4.69) is 47.8 Å². The van der Waals surface area contributed by atoms with Crippen LogP contribution >= 0.6 is 47.8 Å². The van der Waals surface area contributed by atoms with Crippen LogP contribution in [0.3, 0.4) is 0 Å². The minimum atomic E-state index is -0.187. The molecule has 1 saturated carbocycles. The van der Waals surface area contributed by atoms with Gasteiger partial charge < -0.3 is 0 Å². The quantitative estimate of drug-likeness (QED) is 0.470. The van der Waals surface area contributed by atoms with E-state index in [9.17, 15) is 4.39 Å². The van der Waals surface area contributed by atoms with Gasteiger partial charge in [0.05, 0.1) is 4.47 Å². The largest absolute Gasteiger partial charge is 0.206 e. The van der Waals surface area contributed by atoms with Gasteiger partial charge in [-0.1, -0.05) is 50.8 Å². The summed E-state index contributed by atoms with van der Waals surface area (Å²) in [5, 5.41) is 1.98. The van der Waals surface area contributed by atoms with Crippen molar-refractivity contribution in [3.8, 4) is 0 Å². The van der Waals surface area contributed by atoms with Crippen molar-refractivity contribution >= 4 is 47.8 Å². The first-order valence-electron chi connectivity index (χ1n) is 6.67. The minimum absolute atomic E-state index is 0.187. The topological polar surface area (TPSA) is 0 Å². The maximum Gasteiger partial charge on any atom is 0.137 e. The highest BCUT2D eigenvalue weighted by atomic mass is 79.9. The van der Waals surface area contributed by atoms with Crippen molar-refractivity contribution in [1.29, 1.82) is 0 Å². The highest BCUT2D eigenvalue weighted by Gasteiger charge is 2.38. The third kappa shape index (κ3) is 3.62. The van der Waals surface area contributed by atoms with E-state index in [-0.39, 0.29) is 11.2 Å². The van der Waals surface area contributed by atoms with Gasteiger partial charge in [-0.15, -0.1) is 0 Å². The van der Waals surface area contributed by atoms with Crippen molar-refractivity contribution in [2.45, 2.75) is 32.1 Å². The lowest BCUT2D eigenvalue weighted by Gasteiger charge is -2.36. The number of hydrogen-bond acceptors (Lipinski definition) is 0. The van der Waals surface area contributed by atoms with Crippen LogP contribution in [0.15, 0.2) is 22.7 Å². The van der Waals surface area contributed by atoms with E-state index in [0.29, 0.717) is 4.47 Å². The highest BCUT2D eigenvalue weighted by molar-refractivity contribution is 9.10. The van der Waals surface area contributed by atoms with Crippen LogP contribution in [0.5, 0.6) is 0 Å². The summed E-state index contributed by atoms with van der Waals surface area (Å²) >= 11 is 10.7. The fraction of sp³-hybridized carbons (Fsp3) is 0.600. The van der Waals surface area contributed by atoms with Gasteiger partial charge in [-0.3, -0.25) is 0 Å². The Hall–Kier alpha value is 0.590. The number of halogens is 4. The van der Waals surface area contributed by atoms with Crippen molar-refractivity contribution in [2.75, 3.05) is 10.7 Å². The third-order valence-electron chi connectivity index (χ3n) is 4.29. The lowest BCUT2D eigenvalue weighted by molar-refractivity contribution is 0.233. The van der Waals surface area contributed by atoms with Crippen LogP contribution in [-0.4, -0.2) is 10.7 Å². The maximum atomic E-state index is 13.3. The number of benzene rings is 1. The van der Waals surface area contributed by atoms with Crippen molar-refractivity contribution < 1.29 is 4.39 Å². The minimum Gasteiger partial charge on any atom is -0.206 e. The summed E-state index contributed by atoms with van der Waals surface area (Å²) in [6.45, 7) is 0. The molecule has 1 aromatic carbocycles. The summed E-state index contributed by atoms with van der Waals surface area (Å²) in [7, 11) is 0. The van der Waals surface area contributed by atoms with Crippen LogP contribution < -0.4 is 0 Å². The summed E-state index contributed by atoms with van der Waals surface area (Å²) in [6, 6.07) is 5.39. The third-order valence-corrected chi connectivity index (χ3v) is 7.13. The zero-order valence-electron chi connectivity index (χ0n) is 10.8. The van der Waals surface area contributed by atoms with Gasteiger partial charge in [-0.2, -0.15) is 0 Å². The molecule has 1 aliphatic carbocycles. The van der Waals surface area contributed by atoms with E-state index < -0.39 is 0 Å². The van der Waals surface area contributed by atoms with Crippen LogP contribution in [0, 0.1) is 17.2 Å². The van der Waals surface area contributed by atoms with Crippen molar-refractivity contribution in [2.24, 2.45) is 11.3 Å². The van der Waals surface area contributed by atoms with Crippen LogP contribution in [0.1, 0.15) is 31.2 Å². The molecule has 0 radical (unpaired) electrons. The average molecular weight is 457 g/mol. The van der Waals surface area contributed by atoms with Crippen molar-refractivity contribution in [1.82, 2.24) is 0 Å². The number of rotatable bonds is 5. The predicted octanol–water partition coefficient (Wildman–Crippen LogP) is 6.10. The Morgan fingerprint density at radius 2 is 1.79 bits per heavy atom. The summed E-state index contributed by atoms with van der Waals surface area (Å²) in [5.41, 5.74) is 1.45. The predicted molar refractivity (Wildman–Crippen MR) is 89.8 cm³/mol. The molecule has 1 fully saturated rings. The monoisotopic (exact) mass is 454 g/mol. The second-order valence-electron chi connectivity index (χ2n) is 5.54. The van der Waals surface area contributed by atoms with Gasteiger partial charge in [0.15, 0.2) is 0 Å². The highest BCUT2D eigenvalue weighted by Crippen LogP contribution is 2.45. The smallest absolute Gasteiger partial charge is 0.137 e. The van der Waals surface area contributed by atoms with Crippen LogP contribution in [-0.2, 0) is 6.42 Å². The molecule has 0 spiro atoms. The van der Waals surface area contributed by atoms with Crippen LogP contribution in [0.25, 0.3) is 0 Å². The Balaban J connectivity index is 2.21. The maximum absolute atomic E-state index is 13.3. The second-order valence-corrected chi connectivity index (χ2v) is 7.51. The lowest BCUT2D eigenvalue weighted by atomic mass is 9.73. The molecule has 2 rings (SSSR count). The first-order valence-corrected chi connectivity index (χ1v) is 9.71. The van der Waals surface area contributed by atoms with Crippen molar-refractivity contribution in [3.05, 3.63) is 34.1 Å². The second kappa shape index (κ2) is 7.04. The molecule has 0 aliphatic heterocycles. The Kier molecular flexibility index (Phi) is 5.91. The van der Waals surface area contributed by atoms with E-state index in [1.165, 1.54) is 31.2 Å². The lowest BCUT2D eigenvalue weighted by Crippen LogP contribution is -2.35. The van der Waals surface area contributed by atoms with Gasteiger partial charge in [0.1, 0.15) is 5.82 Å². The van der Waals surface area contributed by atoms with Gasteiger partial charge in [0.25, 0.3) is 0 Å². The molecule has 0 nitrogen and oxygen atoms in total. The molecule has 106 valence electrons. The van der Waals surface area contributed by atoms with E-state index in [1.54, 1.807) is 6.07 Å². The molecule has 0 amide bonds. The normalized spacial score (nSPS) is 17.1. The zero-order chi connectivity index (χ0) is 13.9. The average Bonchev–Trinajstić information content (AvgIpc) is 2.95. The fourth-order valence-electron chi connectivity index (χ4n) is 3.09. The summed E-state index contributed by atoms with van der Waals surface area (Å²) < 4.78 is 13.9. The van der Waals surface area contributed by atoms with E-state index in [1.807, 2.05) is 12.1 Å². The summed E-state index contributed by atoms with van der Waals surface area (Å²) in [4.78, 5) is 0. The molecule has 0 aromatic heterocycles. The fourth-order valence-corrected chi connectivity index (χ4v) is 5.75. The van der Waals surface area contributed by atoms with Gasteiger partial charge in [0, 0.05) is 10.7 Å². The Morgan fingerprint density at radius 1 is 1.16 bits per heavy atom.